The Labute approximate surface area is 165 Å². The second-order valence-corrected chi connectivity index (χ2v) is 9.00. The first-order valence-electron chi connectivity index (χ1n) is 9.85. The molecule has 2 aromatic rings. The van der Waals surface area contributed by atoms with Crippen molar-refractivity contribution in [1.29, 1.82) is 0 Å². The average molecular weight is 384 g/mol. The van der Waals surface area contributed by atoms with E-state index in [9.17, 15) is 9.59 Å². The molecule has 4 rings (SSSR count). The van der Waals surface area contributed by atoms with Crippen LogP contribution in [0.4, 0.5) is 4.79 Å². The Bertz CT molecular complexity index is 917. The van der Waals surface area contributed by atoms with E-state index in [0.717, 1.165) is 16.6 Å². The van der Waals surface area contributed by atoms with Crippen LogP contribution in [0.3, 0.4) is 0 Å². The lowest BCUT2D eigenvalue weighted by molar-refractivity contribution is -0.124. The Morgan fingerprint density at radius 2 is 1.86 bits per heavy atom. The summed E-state index contributed by atoms with van der Waals surface area (Å²) in [5.41, 5.74) is 1.43. The number of ether oxygens (including phenoxy) is 1. The van der Waals surface area contributed by atoms with E-state index in [1.54, 1.807) is 4.90 Å². The number of nitrogens with zero attached hydrogens (tertiary/aromatic N) is 3. The maximum atomic E-state index is 12.8. The average Bonchev–Trinajstić information content (AvgIpc) is 2.96. The third kappa shape index (κ3) is 3.34. The lowest BCUT2D eigenvalue weighted by atomic mass is 10.1. The van der Waals surface area contributed by atoms with Gasteiger partial charge in [-0.1, -0.05) is 18.2 Å². The Hall–Kier alpha value is -2.57. The maximum Gasteiger partial charge on any atom is 0.410 e. The number of rotatable bonds is 3. The molecule has 1 aliphatic carbocycles. The number of hydrogen-bond donors (Lipinski definition) is 1. The monoisotopic (exact) mass is 384 g/mol. The van der Waals surface area contributed by atoms with E-state index in [1.165, 1.54) is 0 Å². The zero-order valence-corrected chi connectivity index (χ0v) is 17.1. The van der Waals surface area contributed by atoms with E-state index in [4.69, 9.17) is 4.74 Å². The molecule has 7 heteroatoms. The number of hydrogen-bond acceptors (Lipinski definition) is 4. The normalized spacial score (nSPS) is 24.8. The van der Waals surface area contributed by atoms with Gasteiger partial charge in [-0.3, -0.25) is 9.48 Å². The molecule has 0 radical (unpaired) electrons. The zero-order chi connectivity index (χ0) is 20.2. The summed E-state index contributed by atoms with van der Waals surface area (Å²) < 4.78 is 7.27. The van der Waals surface area contributed by atoms with Crippen molar-refractivity contribution in [3.63, 3.8) is 0 Å². The van der Waals surface area contributed by atoms with E-state index in [-0.39, 0.29) is 35.8 Å². The number of nitrogens with one attached hydrogen (secondary N) is 1. The van der Waals surface area contributed by atoms with Crippen LogP contribution < -0.4 is 5.32 Å². The Balaban J connectivity index is 1.36. The van der Waals surface area contributed by atoms with Crippen molar-refractivity contribution < 1.29 is 14.3 Å². The van der Waals surface area contributed by atoms with Gasteiger partial charge in [0.15, 0.2) is 0 Å². The fourth-order valence-electron chi connectivity index (χ4n) is 4.33. The molecule has 1 saturated carbocycles. The third-order valence-corrected chi connectivity index (χ3v) is 5.70. The molecule has 0 bridgehead atoms. The number of carbonyl (C=O) groups excluding carboxylic acids is 2. The predicted octanol–water partition coefficient (Wildman–Crippen LogP) is 2.86. The van der Waals surface area contributed by atoms with Gasteiger partial charge in [-0.05, 0) is 45.6 Å². The summed E-state index contributed by atoms with van der Waals surface area (Å²) in [6, 6.07) is 7.86. The van der Waals surface area contributed by atoms with E-state index < -0.39 is 5.60 Å². The van der Waals surface area contributed by atoms with Crippen LogP contribution in [-0.2, 0) is 16.6 Å². The molecule has 7 nitrogen and oxygen atoms in total. The number of benzene rings is 1. The Morgan fingerprint density at radius 1 is 1.21 bits per heavy atom. The quantitative estimate of drug-likeness (QED) is 0.883. The molecular weight excluding hydrogens is 356 g/mol. The predicted molar refractivity (Wildman–Crippen MR) is 106 cm³/mol. The van der Waals surface area contributed by atoms with Gasteiger partial charge < -0.3 is 15.0 Å². The van der Waals surface area contributed by atoms with Crippen molar-refractivity contribution in [2.45, 2.75) is 39.3 Å². The van der Waals surface area contributed by atoms with Crippen LogP contribution in [0.25, 0.3) is 10.9 Å². The minimum atomic E-state index is -0.498. The zero-order valence-electron chi connectivity index (χ0n) is 17.1. The highest BCUT2D eigenvalue weighted by atomic mass is 16.6. The highest BCUT2D eigenvalue weighted by molar-refractivity contribution is 5.86. The topological polar surface area (TPSA) is 76.5 Å². The number of aromatic nitrogens is 2. The van der Waals surface area contributed by atoms with Gasteiger partial charge in [0.2, 0.25) is 5.91 Å². The molecule has 3 unspecified atom stereocenters. The molecule has 1 saturated heterocycles. The largest absolute Gasteiger partial charge is 0.444 e. The van der Waals surface area contributed by atoms with Crippen molar-refractivity contribution in [1.82, 2.24) is 20.0 Å². The van der Waals surface area contributed by atoms with Gasteiger partial charge in [-0.15, -0.1) is 0 Å². The summed E-state index contributed by atoms with van der Waals surface area (Å²) in [6.45, 7) is 8.75. The van der Waals surface area contributed by atoms with Crippen molar-refractivity contribution in [3.8, 4) is 0 Å². The molecule has 2 heterocycles. The molecule has 2 aliphatic rings. The molecule has 1 aromatic heterocycles. The minimum absolute atomic E-state index is 0.0175. The Morgan fingerprint density at radius 3 is 2.50 bits per heavy atom. The first-order valence-corrected chi connectivity index (χ1v) is 9.85. The van der Waals surface area contributed by atoms with E-state index >= 15 is 0 Å². The molecule has 150 valence electrons. The summed E-state index contributed by atoms with van der Waals surface area (Å²) >= 11 is 0. The summed E-state index contributed by atoms with van der Waals surface area (Å²) in [7, 11) is 1.91. The molecule has 1 aliphatic heterocycles. The summed E-state index contributed by atoms with van der Waals surface area (Å²) in [6.07, 6.45) is -0.285. The van der Waals surface area contributed by atoms with Crippen molar-refractivity contribution in [2.24, 2.45) is 24.8 Å². The third-order valence-electron chi connectivity index (χ3n) is 5.70. The van der Waals surface area contributed by atoms with Gasteiger partial charge in [-0.2, -0.15) is 5.10 Å². The van der Waals surface area contributed by atoms with Crippen molar-refractivity contribution in [3.05, 3.63) is 30.0 Å². The van der Waals surface area contributed by atoms with Crippen LogP contribution in [0.15, 0.2) is 24.3 Å². The molecular formula is C21H28N4O3. The smallest absolute Gasteiger partial charge is 0.410 e. The lowest BCUT2D eigenvalue weighted by Crippen LogP contribution is -2.39. The fraction of sp³-hybridized carbons (Fsp3) is 0.571. The van der Waals surface area contributed by atoms with Gasteiger partial charge in [0.25, 0.3) is 0 Å². The number of para-hydroxylation sites is 1. The molecule has 2 fully saturated rings. The van der Waals surface area contributed by atoms with Crippen LogP contribution in [0.5, 0.6) is 0 Å². The number of aryl methyl sites for hydroxylation is 1. The molecule has 1 N–H and O–H groups in total. The first-order chi connectivity index (χ1) is 13.2. The van der Waals surface area contributed by atoms with Crippen LogP contribution in [-0.4, -0.2) is 45.4 Å². The number of carbonyl (C=O) groups is 2. The van der Waals surface area contributed by atoms with E-state index in [1.807, 2.05) is 63.7 Å². The lowest BCUT2D eigenvalue weighted by Gasteiger charge is -2.26. The molecule has 2 amide bonds. The minimum Gasteiger partial charge on any atom is -0.444 e. The Kier molecular flexibility index (Phi) is 4.36. The van der Waals surface area contributed by atoms with Crippen LogP contribution >= 0.6 is 0 Å². The van der Waals surface area contributed by atoms with Crippen LogP contribution in [0.1, 0.15) is 39.4 Å². The number of piperidine rings is 1. The van der Waals surface area contributed by atoms with Crippen molar-refractivity contribution >= 4 is 22.9 Å². The maximum absolute atomic E-state index is 12.8. The summed E-state index contributed by atoms with van der Waals surface area (Å²) in [5, 5.41) is 8.78. The molecule has 0 spiro atoms. The van der Waals surface area contributed by atoms with Gasteiger partial charge >= 0.3 is 6.09 Å². The SMILES string of the molecule is CC(NC(=O)C1C2CN(C(=O)OC(C)(C)C)CC21)c1nn(C)c2ccccc12. The van der Waals surface area contributed by atoms with Gasteiger partial charge in [0.05, 0.1) is 17.3 Å². The standard InChI is InChI=1S/C21H28N4O3/c1-12(18-13-8-6-7-9-16(13)24(5)23-18)22-19(26)17-14-10-25(11-15(14)17)20(27)28-21(2,3)4/h6-9,12,14-15,17H,10-11H2,1-5H3,(H,22,26). The number of fused-ring (bicyclic) bond motifs is 2. The second-order valence-electron chi connectivity index (χ2n) is 9.00. The summed E-state index contributed by atoms with van der Waals surface area (Å²) in [5.74, 6) is 0.512. The second kappa shape index (κ2) is 6.50. The van der Waals surface area contributed by atoms with Gasteiger partial charge in [-0.25, -0.2) is 4.79 Å². The summed E-state index contributed by atoms with van der Waals surface area (Å²) in [4.78, 5) is 26.7. The molecule has 28 heavy (non-hydrogen) atoms. The fourth-order valence-corrected chi connectivity index (χ4v) is 4.33. The molecule has 3 atom stereocenters. The highest BCUT2D eigenvalue weighted by Gasteiger charge is 2.60. The molecule has 1 aromatic carbocycles. The van der Waals surface area contributed by atoms with Crippen LogP contribution in [0.2, 0.25) is 0 Å². The van der Waals surface area contributed by atoms with E-state index in [0.29, 0.717) is 13.1 Å². The first kappa shape index (κ1) is 18.8. The highest BCUT2D eigenvalue weighted by Crippen LogP contribution is 2.52. The number of amides is 2. The van der Waals surface area contributed by atoms with Crippen molar-refractivity contribution in [2.75, 3.05) is 13.1 Å². The van der Waals surface area contributed by atoms with Gasteiger partial charge in [0.1, 0.15) is 5.60 Å². The van der Waals surface area contributed by atoms with Gasteiger partial charge in [0, 0.05) is 31.4 Å². The number of likely N-dealkylation sites (tertiary alicyclic amines) is 1. The van der Waals surface area contributed by atoms with Crippen LogP contribution in [0, 0.1) is 17.8 Å². The van der Waals surface area contributed by atoms with E-state index in [2.05, 4.69) is 10.4 Å².